The van der Waals surface area contributed by atoms with Gasteiger partial charge < -0.3 is 10.0 Å². The van der Waals surface area contributed by atoms with Crippen molar-refractivity contribution < 1.29 is 14.7 Å². The summed E-state index contributed by atoms with van der Waals surface area (Å²) in [4.78, 5) is 24.9. The molecule has 0 aliphatic rings. The Morgan fingerprint density at radius 3 is 2.20 bits per heavy atom. The lowest BCUT2D eigenvalue weighted by molar-refractivity contribution is -0.149. The Kier molecular flexibility index (Phi) is 5.57. The molecule has 0 fully saturated rings. The molecule has 1 amide bonds. The van der Waals surface area contributed by atoms with Crippen LogP contribution in [-0.4, -0.2) is 28.9 Å². The molecule has 0 saturated carbocycles. The molecule has 4 nitrogen and oxygen atoms in total. The van der Waals surface area contributed by atoms with E-state index >= 15 is 0 Å². The van der Waals surface area contributed by atoms with Gasteiger partial charge in [0.05, 0.1) is 12.0 Å². The summed E-state index contributed by atoms with van der Waals surface area (Å²) >= 11 is 6.13. The van der Waals surface area contributed by atoms with Gasteiger partial charge in [-0.05, 0) is 18.6 Å². The first-order valence-electron chi connectivity index (χ1n) is 6.51. The topological polar surface area (TPSA) is 57.6 Å². The summed E-state index contributed by atoms with van der Waals surface area (Å²) in [6.07, 6.45) is 0. The third-order valence-corrected chi connectivity index (χ3v) is 4.16. The Labute approximate surface area is 124 Å². The van der Waals surface area contributed by atoms with E-state index in [1.807, 2.05) is 25.1 Å². The molecule has 1 aromatic rings. The Bertz CT molecular complexity index is 504. The van der Waals surface area contributed by atoms with Crippen molar-refractivity contribution in [3.63, 3.8) is 0 Å². The molecule has 3 atom stereocenters. The van der Waals surface area contributed by atoms with Crippen LogP contribution in [0.4, 0.5) is 0 Å². The lowest BCUT2D eigenvalue weighted by atomic mass is 9.94. The minimum absolute atomic E-state index is 0.202. The summed E-state index contributed by atoms with van der Waals surface area (Å²) in [5.41, 5.74) is 0.847. The van der Waals surface area contributed by atoms with Gasteiger partial charge in [0.15, 0.2) is 0 Å². The molecule has 0 bridgehead atoms. The summed E-state index contributed by atoms with van der Waals surface area (Å²) in [6.45, 7) is 5.05. The van der Waals surface area contributed by atoms with Crippen LogP contribution < -0.4 is 0 Å². The Balaban J connectivity index is 2.89. The average molecular weight is 298 g/mol. The normalized spacial score (nSPS) is 15.2. The summed E-state index contributed by atoms with van der Waals surface area (Å²) in [7, 11) is 1.67. The van der Waals surface area contributed by atoms with E-state index < -0.39 is 17.8 Å². The molecule has 3 unspecified atom stereocenters. The third kappa shape index (κ3) is 3.51. The molecule has 0 spiro atoms. The van der Waals surface area contributed by atoms with Crippen LogP contribution in [0.1, 0.15) is 32.4 Å². The van der Waals surface area contributed by atoms with Crippen LogP contribution in [0.2, 0.25) is 5.02 Å². The second-order valence-corrected chi connectivity index (χ2v) is 5.47. The third-order valence-electron chi connectivity index (χ3n) is 3.81. The van der Waals surface area contributed by atoms with E-state index in [0.717, 1.165) is 5.56 Å². The zero-order valence-electron chi connectivity index (χ0n) is 12.1. The molecule has 0 aromatic heterocycles. The monoisotopic (exact) mass is 297 g/mol. The van der Waals surface area contributed by atoms with Gasteiger partial charge >= 0.3 is 5.97 Å². The number of carbonyl (C=O) groups is 2. The lowest BCUT2D eigenvalue weighted by Crippen LogP contribution is -2.38. The molecular formula is C15H20ClNO3. The fraction of sp³-hybridized carbons (Fsp3) is 0.467. The highest BCUT2D eigenvalue weighted by molar-refractivity contribution is 6.31. The number of carbonyl (C=O) groups excluding carboxylic acids is 1. The number of hydrogen-bond donors (Lipinski definition) is 1. The fourth-order valence-corrected chi connectivity index (χ4v) is 2.26. The van der Waals surface area contributed by atoms with Crippen LogP contribution in [0.15, 0.2) is 24.3 Å². The van der Waals surface area contributed by atoms with Crippen molar-refractivity contribution in [3.05, 3.63) is 34.9 Å². The van der Waals surface area contributed by atoms with Crippen molar-refractivity contribution >= 4 is 23.5 Å². The highest BCUT2D eigenvalue weighted by Crippen LogP contribution is 2.28. The highest BCUT2D eigenvalue weighted by Gasteiger charge is 2.30. The number of benzene rings is 1. The van der Waals surface area contributed by atoms with E-state index in [-0.39, 0.29) is 11.9 Å². The van der Waals surface area contributed by atoms with E-state index in [2.05, 4.69) is 0 Å². The number of hydrogen-bond acceptors (Lipinski definition) is 2. The molecule has 0 heterocycles. The zero-order chi connectivity index (χ0) is 15.4. The zero-order valence-corrected chi connectivity index (χ0v) is 12.9. The molecule has 1 rings (SSSR count). The van der Waals surface area contributed by atoms with Crippen molar-refractivity contribution in [2.45, 2.75) is 26.8 Å². The SMILES string of the molecule is CC(C(=O)O)C(C)C(=O)N(C)C(C)c1ccccc1Cl. The van der Waals surface area contributed by atoms with Gasteiger partial charge in [0.2, 0.25) is 5.91 Å². The number of carboxylic acid groups (broad SMARTS) is 1. The standard InChI is InChI=1S/C15H20ClNO3/c1-9(10(2)15(19)20)14(18)17(4)11(3)12-7-5-6-8-13(12)16/h5-11H,1-4H3,(H,19,20). The maximum absolute atomic E-state index is 12.3. The Morgan fingerprint density at radius 2 is 1.70 bits per heavy atom. The van der Waals surface area contributed by atoms with Crippen LogP contribution in [0, 0.1) is 11.8 Å². The van der Waals surface area contributed by atoms with Crippen LogP contribution in [-0.2, 0) is 9.59 Å². The lowest BCUT2D eigenvalue weighted by Gasteiger charge is -2.29. The first kappa shape index (κ1) is 16.5. The van der Waals surface area contributed by atoms with Crippen molar-refractivity contribution in [1.82, 2.24) is 4.90 Å². The van der Waals surface area contributed by atoms with E-state index in [1.165, 1.54) is 0 Å². The number of nitrogens with zero attached hydrogens (tertiary/aromatic N) is 1. The summed E-state index contributed by atoms with van der Waals surface area (Å²) in [5.74, 6) is -2.47. The molecule has 5 heteroatoms. The summed E-state index contributed by atoms with van der Waals surface area (Å²) in [5, 5.41) is 9.59. The van der Waals surface area contributed by atoms with Gasteiger partial charge in [-0.25, -0.2) is 0 Å². The van der Waals surface area contributed by atoms with Crippen molar-refractivity contribution in [1.29, 1.82) is 0 Å². The van der Waals surface area contributed by atoms with Gasteiger partial charge in [0.1, 0.15) is 0 Å². The van der Waals surface area contributed by atoms with Crippen LogP contribution in [0.25, 0.3) is 0 Å². The predicted octanol–water partition coefficient (Wildman–Crippen LogP) is 3.22. The van der Waals surface area contributed by atoms with Crippen LogP contribution in [0.3, 0.4) is 0 Å². The smallest absolute Gasteiger partial charge is 0.307 e. The molecule has 0 aliphatic heterocycles. The average Bonchev–Trinajstić information content (AvgIpc) is 2.43. The van der Waals surface area contributed by atoms with E-state index in [0.29, 0.717) is 5.02 Å². The van der Waals surface area contributed by atoms with Gasteiger partial charge in [-0.2, -0.15) is 0 Å². The minimum atomic E-state index is -0.968. The van der Waals surface area contributed by atoms with Crippen LogP contribution in [0.5, 0.6) is 0 Å². The molecule has 110 valence electrons. The van der Waals surface area contributed by atoms with Gasteiger partial charge in [-0.1, -0.05) is 43.6 Å². The van der Waals surface area contributed by atoms with Gasteiger partial charge in [0, 0.05) is 18.0 Å². The maximum Gasteiger partial charge on any atom is 0.307 e. The highest BCUT2D eigenvalue weighted by atomic mass is 35.5. The molecule has 0 aliphatic carbocycles. The van der Waals surface area contributed by atoms with Crippen LogP contribution >= 0.6 is 11.6 Å². The fourth-order valence-electron chi connectivity index (χ4n) is 1.96. The van der Waals surface area contributed by atoms with Gasteiger partial charge in [0.25, 0.3) is 0 Å². The molecule has 1 N–H and O–H groups in total. The number of carboxylic acids is 1. The van der Waals surface area contributed by atoms with E-state index in [4.69, 9.17) is 16.7 Å². The number of aliphatic carboxylic acids is 1. The Hall–Kier alpha value is -1.55. The van der Waals surface area contributed by atoms with E-state index in [9.17, 15) is 9.59 Å². The number of rotatable bonds is 5. The molecule has 20 heavy (non-hydrogen) atoms. The van der Waals surface area contributed by atoms with Crippen molar-refractivity contribution in [3.8, 4) is 0 Å². The van der Waals surface area contributed by atoms with Gasteiger partial charge in [-0.15, -0.1) is 0 Å². The molecule has 0 saturated heterocycles. The minimum Gasteiger partial charge on any atom is -0.481 e. The quantitative estimate of drug-likeness (QED) is 0.908. The molecular weight excluding hydrogens is 278 g/mol. The second-order valence-electron chi connectivity index (χ2n) is 5.06. The number of halogens is 1. The molecule has 0 radical (unpaired) electrons. The van der Waals surface area contributed by atoms with Crippen molar-refractivity contribution in [2.75, 3.05) is 7.05 Å². The van der Waals surface area contributed by atoms with E-state index in [1.54, 1.807) is 31.9 Å². The summed E-state index contributed by atoms with van der Waals surface area (Å²) in [6, 6.07) is 7.12. The number of amides is 1. The first-order chi connectivity index (χ1) is 9.27. The maximum atomic E-state index is 12.3. The Morgan fingerprint density at radius 1 is 1.15 bits per heavy atom. The predicted molar refractivity (Wildman–Crippen MR) is 78.6 cm³/mol. The first-order valence-corrected chi connectivity index (χ1v) is 6.89. The largest absolute Gasteiger partial charge is 0.481 e. The molecule has 1 aromatic carbocycles. The van der Waals surface area contributed by atoms with Crippen molar-refractivity contribution in [2.24, 2.45) is 11.8 Å². The summed E-state index contributed by atoms with van der Waals surface area (Å²) < 4.78 is 0. The second kappa shape index (κ2) is 6.75. The van der Waals surface area contributed by atoms with Gasteiger partial charge in [-0.3, -0.25) is 9.59 Å².